The maximum atomic E-state index is 12.7. The predicted octanol–water partition coefficient (Wildman–Crippen LogP) is 2.72. The summed E-state index contributed by atoms with van der Waals surface area (Å²) in [4.78, 5) is 38.2. The van der Waals surface area contributed by atoms with Crippen molar-refractivity contribution in [3.05, 3.63) is 4.91 Å². The number of hydrogen-bond donors (Lipinski definition) is 0. The fourth-order valence-corrected chi connectivity index (χ4v) is 6.58. The number of β-lactam (4-membered cyclic amide) rings is 1. The highest BCUT2D eigenvalue weighted by Gasteiger charge is 2.61. The molecular weight excluding hydrogens is 386 g/mol. The van der Waals surface area contributed by atoms with E-state index in [0.29, 0.717) is 6.61 Å². The minimum absolute atomic E-state index is 0.148. The number of esters is 1. The van der Waals surface area contributed by atoms with Gasteiger partial charge in [0.15, 0.2) is 14.4 Å². The molecule has 2 saturated heterocycles. The molecule has 6 nitrogen and oxygen atoms in total. The third-order valence-electron chi connectivity index (χ3n) is 4.36. The SMILES string of the molecule is CC(O[Si](C)(C)C)C1C(=O)N2C(C(=O)OCC[Si](C)(C)C)C(=C=O)S[C@@H]12. The lowest BCUT2D eigenvalue weighted by molar-refractivity contribution is -0.167. The highest BCUT2D eigenvalue weighted by atomic mass is 32.2. The van der Waals surface area contributed by atoms with E-state index >= 15 is 0 Å². The predicted molar refractivity (Wildman–Crippen MR) is 108 cm³/mol. The molecular formula is C17H29NO5SSi2. The molecule has 0 saturated carbocycles. The van der Waals surface area contributed by atoms with Crippen LogP contribution in [0, 0.1) is 5.92 Å². The standard InChI is InChI=1S/C17H29NO5SSi2/c1-11(23-26(5,6)7)13-15(20)18-14(12(10-19)24-16(13)18)17(21)22-8-9-25(2,3)4/h11,13-14,16H,8-9H2,1-7H3/t11?,13?,14?,16-/m0/s1. The second kappa shape index (κ2) is 7.63. The molecule has 2 aliphatic heterocycles. The third kappa shape index (κ3) is 4.69. The number of ether oxygens (including phenoxy) is 1. The smallest absolute Gasteiger partial charge is 0.334 e. The van der Waals surface area contributed by atoms with E-state index in [1.54, 1.807) is 0 Å². The molecule has 2 fully saturated rings. The second-order valence-electron chi connectivity index (χ2n) is 9.06. The second-order valence-corrected chi connectivity index (χ2v) is 20.3. The van der Waals surface area contributed by atoms with Gasteiger partial charge in [-0.05, 0) is 32.6 Å². The minimum Gasteiger partial charge on any atom is -0.464 e. The summed E-state index contributed by atoms with van der Waals surface area (Å²) in [5.41, 5.74) is 0. The highest BCUT2D eigenvalue weighted by molar-refractivity contribution is 8.04. The molecule has 4 atom stereocenters. The van der Waals surface area contributed by atoms with E-state index in [9.17, 15) is 14.4 Å². The molecule has 146 valence electrons. The van der Waals surface area contributed by atoms with Crippen LogP contribution in [0.15, 0.2) is 4.91 Å². The van der Waals surface area contributed by atoms with Gasteiger partial charge in [0.25, 0.3) is 0 Å². The van der Waals surface area contributed by atoms with Gasteiger partial charge in [0.05, 0.1) is 24.0 Å². The van der Waals surface area contributed by atoms with Gasteiger partial charge in [-0.15, -0.1) is 0 Å². The van der Waals surface area contributed by atoms with Crippen molar-refractivity contribution in [1.82, 2.24) is 4.90 Å². The summed E-state index contributed by atoms with van der Waals surface area (Å²) in [7, 11) is -3.12. The van der Waals surface area contributed by atoms with Crippen LogP contribution in [0.5, 0.6) is 0 Å². The topological polar surface area (TPSA) is 72.9 Å². The number of thioether (sulfide) groups is 1. The van der Waals surface area contributed by atoms with E-state index in [0.717, 1.165) is 6.04 Å². The lowest BCUT2D eigenvalue weighted by Gasteiger charge is -2.46. The zero-order valence-electron chi connectivity index (χ0n) is 16.6. The van der Waals surface area contributed by atoms with Crippen LogP contribution in [0.1, 0.15) is 6.92 Å². The van der Waals surface area contributed by atoms with Crippen molar-refractivity contribution in [2.45, 2.75) is 69.8 Å². The largest absolute Gasteiger partial charge is 0.464 e. The Hall–Kier alpha value is -0.866. The van der Waals surface area contributed by atoms with Gasteiger partial charge in [0.1, 0.15) is 10.8 Å². The molecule has 0 N–H and O–H groups in total. The number of carbonyl (C=O) groups excluding carboxylic acids is 3. The van der Waals surface area contributed by atoms with Gasteiger partial charge in [-0.1, -0.05) is 31.4 Å². The van der Waals surface area contributed by atoms with E-state index in [4.69, 9.17) is 9.16 Å². The van der Waals surface area contributed by atoms with Crippen molar-refractivity contribution in [3.8, 4) is 0 Å². The molecule has 9 heteroatoms. The van der Waals surface area contributed by atoms with E-state index < -0.39 is 28.4 Å². The lowest BCUT2D eigenvalue weighted by Crippen LogP contribution is -2.65. The van der Waals surface area contributed by atoms with Crippen molar-refractivity contribution < 1.29 is 23.5 Å². The van der Waals surface area contributed by atoms with E-state index in [1.165, 1.54) is 16.7 Å². The maximum Gasteiger partial charge on any atom is 0.334 e. The quantitative estimate of drug-likeness (QED) is 0.275. The lowest BCUT2D eigenvalue weighted by atomic mass is 9.91. The summed E-state index contributed by atoms with van der Waals surface area (Å²) < 4.78 is 11.4. The van der Waals surface area contributed by atoms with Gasteiger partial charge in [0, 0.05) is 8.07 Å². The molecule has 0 aromatic rings. The minimum atomic E-state index is -1.79. The number of fused-ring (bicyclic) bond motifs is 1. The molecule has 0 aliphatic carbocycles. The molecule has 26 heavy (non-hydrogen) atoms. The first-order valence-electron chi connectivity index (χ1n) is 8.94. The van der Waals surface area contributed by atoms with Crippen molar-refractivity contribution in [2.24, 2.45) is 5.92 Å². The van der Waals surface area contributed by atoms with Crippen LogP contribution in [0.3, 0.4) is 0 Å². The van der Waals surface area contributed by atoms with Crippen molar-refractivity contribution >= 4 is 46.0 Å². The van der Waals surface area contributed by atoms with Crippen LogP contribution in [0.4, 0.5) is 0 Å². The van der Waals surface area contributed by atoms with Crippen LogP contribution in [0.2, 0.25) is 45.3 Å². The fourth-order valence-electron chi connectivity index (χ4n) is 3.14. The Morgan fingerprint density at radius 2 is 1.88 bits per heavy atom. The van der Waals surface area contributed by atoms with Gasteiger partial charge in [0.2, 0.25) is 5.91 Å². The Balaban J connectivity index is 2.06. The van der Waals surface area contributed by atoms with Gasteiger partial charge >= 0.3 is 5.97 Å². The molecule has 0 spiro atoms. The average Bonchev–Trinajstić information content (AvgIpc) is 2.78. The Labute approximate surface area is 161 Å². The molecule has 0 bridgehead atoms. The summed E-state index contributed by atoms with van der Waals surface area (Å²) in [6, 6.07) is -0.0909. The van der Waals surface area contributed by atoms with Crippen LogP contribution < -0.4 is 0 Å². The van der Waals surface area contributed by atoms with Gasteiger partial charge < -0.3 is 14.1 Å². The summed E-state index contributed by atoms with van der Waals surface area (Å²) in [6.45, 7) is 15.0. The number of nitrogens with zero attached hydrogens (tertiary/aromatic N) is 1. The molecule has 2 aliphatic rings. The maximum absolute atomic E-state index is 12.7. The Morgan fingerprint density at radius 3 is 2.38 bits per heavy atom. The fraction of sp³-hybridized carbons (Fsp3) is 0.765. The van der Waals surface area contributed by atoms with Crippen molar-refractivity contribution in [3.63, 3.8) is 0 Å². The first kappa shape index (κ1) is 21.4. The Morgan fingerprint density at radius 1 is 1.27 bits per heavy atom. The van der Waals surface area contributed by atoms with Crippen LogP contribution >= 0.6 is 11.8 Å². The summed E-state index contributed by atoms with van der Waals surface area (Å²) in [5, 5.41) is -0.250. The van der Waals surface area contributed by atoms with Crippen molar-refractivity contribution in [2.75, 3.05) is 6.61 Å². The monoisotopic (exact) mass is 415 g/mol. The van der Waals surface area contributed by atoms with E-state index in [-0.39, 0.29) is 28.2 Å². The first-order valence-corrected chi connectivity index (χ1v) is 16.9. The molecule has 0 radical (unpaired) electrons. The van der Waals surface area contributed by atoms with Gasteiger partial charge in [-0.25, -0.2) is 9.59 Å². The molecule has 2 rings (SSSR count). The number of rotatable bonds is 7. The number of carbonyl (C=O) groups is 2. The molecule has 0 aromatic heterocycles. The summed E-state index contributed by atoms with van der Waals surface area (Å²) in [6.07, 6.45) is -0.238. The molecule has 0 aromatic carbocycles. The van der Waals surface area contributed by atoms with E-state index in [2.05, 4.69) is 39.3 Å². The van der Waals surface area contributed by atoms with Crippen LogP contribution in [-0.2, 0) is 23.5 Å². The van der Waals surface area contributed by atoms with Crippen LogP contribution in [0.25, 0.3) is 0 Å². The summed E-state index contributed by atoms with van der Waals surface area (Å²) in [5.74, 6) is 0.831. The van der Waals surface area contributed by atoms with Crippen molar-refractivity contribution in [1.29, 1.82) is 0 Å². The molecule has 1 amide bonds. The zero-order chi connectivity index (χ0) is 19.9. The van der Waals surface area contributed by atoms with Gasteiger partial charge in [-0.2, -0.15) is 0 Å². The average molecular weight is 416 g/mol. The highest BCUT2D eigenvalue weighted by Crippen LogP contribution is 2.50. The Bertz CT molecular complexity index is 636. The molecule has 2 heterocycles. The first-order chi connectivity index (χ1) is 11.9. The number of amides is 1. The normalized spacial score (nSPS) is 26.9. The van der Waals surface area contributed by atoms with E-state index in [1.807, 2.05) is 12.9 Å². The Kier molecular flexibility index (Phi) is 6.29. The third-order valence-corrected chi connectivity index (χ3v) is 8.47. The number of hydrogen-bond acceptors (Lipinski definition) is 6. The summed E-state index contributed by atoms with van der Waals surface area (Å²) >= 11 is 1.24. The van der Waals surface area contributed by atoms with Gasteiger partial charge in [-0.3, -0.25) is 4.79 Å². The molecule has 3 unspecified atom stereocenters. The van der Waals surface area contributed by atoms with Crippen LogP contribution in [-0.4, -0.2) is 63.2 Å². The zero-order valence-corrected chi connectivity index (χ0v) is 19.4.